The molecule has 23 heavy (non-hydrogen) atoms. The molecule has 8 heteroatoms. The van der Waals surface area contributed by atoms with Gasteiger partial charge in [0.1, 0.15) is 0 Å². The standard InChI is InChI=1S/C15H16N6O2/c1-23-14-8-21(7-11(14)13-6-17-20-19-13)15(22)9-3-2-4-12-10(9)5-16-18-12/h2-6,11,14H,7-8H2,1H3,(H,16,18)(H,17,19,20)/t11-,14+/m0/s1. The molecule has 8 nitrogen and oxygen atoms in total. The van der Waals surface area contributed by atoms with Crippen LogP contribution in [0.25, 0.3) is 10.9 Å². The van der Waals surface area contributed by atoms with E-state index in [4.69, 9.17) is 4.74 Å². The Morgan fingerprint density at radius 2 is 2.22 bits per heavy atom. The van der Waals surface area contributed by atoms with Gasteiger partial charge in [0.2, 0.25) is 0 Å². The maximum Gasteiger partial charge on any atom is 0.254 e. The van der Waals surface area contributed by atoms with Crippen LogP contribution in [0, 0.1) is 0 Å². The number of ether oxygens (including phenoxy) is 1. The topological polar surface area (TPSA) is 99.8 Å². The largest absolute Gasteiger partial charge is 0.379 e. The van der Waals surface area contributed by atoms with Crippen molar-refractivity contribution in [1.82, 2.24) is 30.5 Å². The molecule has 0 unspecified atom stereocenters. The van der Waals surface area contributed by atoms with Gasteiger partial charge in [-0.1, -0.05) is 6.07 Å². The molecule has 1 aliphatic rings. The lowest BCUT2D eigenvalue weighted by Crippen LogP contribution is -2.30. The van der Waals surface area contributed by atoms with E-state index in [0.717, 1.165) is 16.6 Å². The van der Waals surface area contributed by atoms with E-state index in [2.05, 4.69) is 25.6 Å². The van der Waals surface area contributed by atoms with Gasteiger partial charge >= 0.3 is 0 Å². The van der Waals surface area contributed by atoms with E-state index in [1.165, 1.54) is 0 Å². The predicted octanol–water partition coefficient (Wildman–Crippen LogP) is 0.936. The van der Waals surface area contributed by atoms with Crippen molar-refractivity contribution in [2.75, 3.05) is 20.2 Å². The Bertz CT molecular complexity index is 827. The summed E-state index contributed by atoms with van der Waals surface area (Å²) in [6, 6.07) is 5.58. The average molecular weight is 312 g/mol. The molecule has 118 valence electrons. The van der Waals surface area contributed by atoms with Crippen LogP contribution in [0.3, 0.4) is 0 Å². The third kappa shape index (κ3) is 2.27. The van der Waals surface area contributed by atoms with Crippen LogP contribution >= 0.6 is 0 Å². The highest BCUT2D eigenvalue weighted by Crippen LogP contribution is 2.29. The average Bonchev–Trinajstić information content (AvgIpc) is 3.31. The highest BCUT2D eigenvalue weighted by atomic mass is 16.5. The van der Waals surface area contributed by atoms with E-state index in [-0.39, 0.29) is 17.9 Å². The lowest BCUT2D eigenvalue weighted by molar-refractivity contribution is 0.0716. The van der Waals surface area contributed by atoms with Crippen molar-refractivity contribution in [2.45, 2.75) is 12.0 Å². The Morgan fingerprint density at radius 3 is 3.00 bits per heavy atom. The van der Waals surface area contributed by atoms with Crippen molar-refractivity contribution in [3.63, 3.8) is 0 Å². The number of likely N-dealkylation sites (tertiary alicyclic amines) is 1. The van der Waals surface area contributed by atoms with E-state index in [1.807, 2.05) is 18.2 Å². The number of H-pyrrole nitrogens is 2. The highest BCUT2D eigenvalue weighted by Gasteiger charge is 2.38. The third-order valence-electron chi connectivity index (χ3n) is 4.38. The summed E-state index contributed by atoms with van der Waals surface area (Å²) < 4.78 is 5.54. The molecule has 1 aromatic carbocycles. The fourth-order valence-electron chi connectivity index (χ4n) is 3.18. The summed E-state index contributed by atoms with van der Waals surface area (Å²) in [5, 5.41) is 18.3. The van der Waals surface area contributed by atoms with Gasteiger partial charge in [-0.3, -0.25) is 9.89 Å². The van der Waals surface area contributed by atoms with Gasteiger partial charge in [-0.2, -0.15) is 20.5 Å². The van der Waals surface area contributed by atoms with Crippen LogP contribution in [-0.2, 0) is 4.74 Å². The molecule has 2 atom stereocenters. The predicted molar refractivity (Wildman–Crippen MR) is 81.9 cm³/mol. The minimum atomic E-state index is -0.0902. The summed E-state index contributed by atoms with van der Waals surface area (Å²) in [7, 11) is 1.66. The van der Waals surface area contributed by atoms with Gasteiger partial charge in [0.25, 0.3) is 5.91 Å². The van der Waals surface area contributed by atoms with Crippen molar-refractivity contribution in [3.8, 4) is 0 Å². The number of hydrogen-bond donors (Lipinski definition) is 2. The van der Waals surface area contributed by atoms with Gasteiger partial charge in [0.15, 0.2) is 0 Å². The molecule has 0 aliphatic carbocycles. The highest BCUT2D eigenvalue weighted by molar-refractivity contribution is 6.06. The first kappa shape index (κ1) is 13.9. The maximum atomic E-state index is 12.9. The van der Waals surface area contributed by atoms with Gasteiger partial charge in [0.05, 0.1) is 41.2 Å². The van der Waals surface area contributed by atoms with Crippen molar-refractivity contribution in [2.24, 2.45) is 0 Å². The van der Waals surface area contributed by atoms with E-state index < -0.39 is 0 Å². The number of nitrogens with zero attached hydrogens (tertiary/aromatic N) is 4. The van der Waals surface area contributed by atoms with Crippen LogP contribution in [-0.4, -0.2) is 62.7 Å². The van der Waals surface area contributed by atoms with Gasteiger partial charge in [-0.25, -0.2) is 0 Å². The van der Waals surface area contributed by atoms with Crippen LogP contribution in [0.4, 0.5) is 0 Å². The van der Waals surface area contributed by atoms with Crippen molar-refractivity contribution in [1.29, 1.82) is 0 Å². The van der Waals surface area contributed by atoms with Crippen molar-refractivity contribution < 1.29 is 9.53 Å². The number of fused-ring (bicyclic) bond motifs is 1. The Balaban J connectivity index is 1.63. The number of carbonyl (C=O) groups is 1. The van der Waals surface area contributed by atoms with Crippen LogP contribution in [0.5, 0.6) is 0 Å². The smallest absolute Gasteiger partial charge is 0.254 e. The molecule has 2 aromatic heterocycles. The molecule has 2 N–H and O–H groups in total. The second-order valence-corrected chi connectivity index (χ2v) is 5.62. The van der Waals surface area contributed by atoms with Gasteiger partial charge in [0, 0.05) is 25.6 Å². The van der Waals surface area contributed by atoms with Crippen molar-refractivity contribution >= 4 is 16.8 Å². The molecule has 1 saturated heterocycles. The number of amides is 1. The number of methoxy groups -OCH3 is 1. The summed E-state index contributed by atoms with van der Waals surface area (Å²) in [5.74, 6) is -0.00343. The molecular weight excluding hydrogens is 296 g/mol. The molecule has 0 bridgehead atoms. The Morgan fingerprint density at radius 1 is 1.30 bits per heavy atom. The van der Waals surface area contributed by atoms with Crippen molar-refractivity contribution in [3.05, 3.63) is 41.9 Å². The molecule has 0 radical (unpaired) electrons. The molecule has 1 amide bonds. The molecular formula is C15H16N6O2. The lowest BCUT2D eigenvalue weighted by Gasteiger charge is -2.16. The Labute approximate surface area is 131 Å². The van der Waals surface area contributed by atoms with E-state index in [0.29, 0.717) is 18.7 Å². The zero-order valence-electron chi connectivity index (χ0n) is 12.6. The van der Waals surface area contributed by atoms with Gasteiger partial charge < -0.3 is 9.64 Å². The SMILES string of the molecule is CO[C@@H]1CN(C(=O)c2cccc3[nH]ncc23)C[C@H]1c1cn[nH]n1. The summed E-state index contributed by atoms with van der Waals surface area (Å²) in [6.07, 6.45) is 3.27. The number of aromatic amines is 2. The quantitative estimate of drug-likeness (QED) is 0.749. The van der Waals surface area contributed by atoms with Crippen LogP contribution < -0.4 is 0 Å². The number of carbonyl (C=O) groups excluding carboxylic acids is 1. The summed E-state index contributed by atoms with van der Waals surface area (Å²) in [4.78, 5) is 14.7. The summed E-state index contributed by atoms with van der Waals surface area (Å²) >= 11 is 0. The fraction of sp³-hybridized carbons (Fsp3) is 0.333. The molecule has 0 saturated carbocycles. The first-order chi connectivity index (χ1) is 11.3. The van der Waals surface area contributed by atoms with Crippen LogP contribution in [0.1, 0.15) is 22.0 Å². The molecule has 1 fully saturated rings. The molecule has 3 aromatic rings. The van der Waals surface area contributed by atoms with E-state index in [9.17, 15) is 4.79 Å². The maximum absolute atomic E-state index is 12.9. The van der Waals surface area contributed by atoms with Crippen LogP contribution in [0.15, 0.2) is 30.6 Å². The summed E-state index contributed by atoms with van der Waals surface area (Å²) in [6.45, 7) is 1.08. The Kier molecular flexibility index (Phi) is 3.30. The third-order valence-corrected chi connectivity index (χ3v) is 4.38. The first-order valence-corrected chi connectivity index (χ1v) is 7.37. The molecule has 3 heterocycles. The number of rotatable bonds is 3. The zero-order chi connectivity index (χ0) is 15.8. The number of aromatic nitrogens is 5. The summed E-state index contributed by atoms with van der Waals surface area (Å²) in [5.41, 5.74) is 2.31. The molecule has 1 aliphatic heterocycles. The number of hydrogen-bond acceptors (Lipinski definition) is 5. The van der Waals surface area contributed by atoms with Gasteiger partial charge in [-0.05, 0) is 12.1 Å². The van der Waals surface area contributed by atoms with Gasteiger partial charge in [-0.15, -0.1) is 0 Å². The molecule has 0 spiro atoms. The van der Waals surface area contributed by atoms with Crippen LogP contribution in [0.2, 0.25) is 0 Å². The second kappa shape index (κ2) is 5.47. The van der Waals surface area contributed by atoms with E-state index in [1.54, 1.807) is 24.4 Å². The fourth-order valence-corrected chi connectivity index (χ4v) is 3.18. The minimum absolute atomic E-state index is 0.0197. The normalized spacial score (nSPS) is 21.2. The minimum Gasteiger partial charge on any atom is -0.379 e. The first-order valence-electron chi connectivity index (χ1n) is 7.37. The van der Waals surface area contributed by atoms with E-state index >= 15 is 0 Å². The lowest BCUT2D eigenvalue weighted by atomic mass is 10.0. The monoisotopic (exact) mass is 312 g/mol. The zero-order valence-corrected chi connectivity index (χ0v) is 12.6. The second-order valence-electron chi connectivity index (χ2n) is 5.62. The number of benzene rings is 1. The Hall–Kier alpha value is -2.74. The molecule has 4 rings (SSSR count). The number of nitrogens with one attached hydrogen (secondary N) is 2.